The van der Waals surface area contributed by atoms with Gasteiger partial charge in [-0.25, -0.2) is 0 Å². The van der Waals surface area contributed by atoms with E-state index < -0.39 is 28.9 Å². The Hall–Kier alpha value is -3.98. The third-order valence-corrected chi connectivity index (χ3v) is 5.54. The molecule has 0 aliphatic carbocycles. The number of benzene rings is 3. The molecule has 186 valence electrons. The molecule has 0 aliphatic heterocycles. The summed E-state index contributed by atoms with van der Waals surface area (Å²) in [6, 6.07) is 14.1. The predicted molar refractivity (Wildman–Crippen MR) is 127 cm³/mol. The van der Waals surface area contributed by atoms with Crippen LogP contribution in [0.15, 0.2) is 69.9 Å². The Bertz CT molecular complexity index is 1490. The number of rotatable bonds is 6. The first-order chi connectivity index (χ1) is 17.1. The smallest absolute Gasteiger partial charge is 0.450 e. The molecule has 6 nitrogen and oxygen atoms in total. The van der Waals surface area contributed by atoms with Crippen LogP contribution >= 0.6 is 11.6 Å². The summed E-state index contributed by atoms with van der Waals surface area (Å²) in [6.07, 6.45) is -5.08. The average molecular weight is 519 g/mol. The molecular formula is C26H18ClF3O6. The van der Waals surface area contributed by atoms with Gasteiger partial charge >= 0.3 is 12.1 Å². The Labute approximate surface area is 207 Å². The van der Waals surface area contributed by atoms with Gasteiger partial charge in [0.25, 0.3) is 0 Å². The van der Waals surface area contributed by atoms with Crippen LogP contribution in [-0.2, 0) is 17.4 Å². The van der Waals surface area contributed by atoms with Crippen LogP contribution in [0.25, 0.3) is 22.1 Å². The lowest BCUT2D eigenvalue weighted by Crippen LogP contribution is -2.16. The van der Waals surface area contributed by atoms with Crippen molar-refractivity contribution < 1.29 is 36.6 Å². The highest BCUT2D eigenvalue weighted by Crippen LogP contribution is 2.40. The maximum atomic E-state index is 14.0. The third-order valence-electron chi connectivity index (χ3n) is 5.29. The van der Waals surface area contributed by atoms with Gasteiger partial charge in [0.15, 0.2) is 11.5 Å². The van der Waals surface area contributed by atoms with Gasteiger partial charge in [-0.2, -0.15) is 13.2 Å². The first-order valence-electron chi connectivity index (χ1n) is 10.5. The van der Waals surface area contributed by atoms with E-state index in [1.54, 1.807) is 24.3 Å². The van der Waals surface area contributed by atoms with E-state index in [4.69, 9.17) is 30.2 Å². The van der Waals surface area contributed by atoms with E-state index in [0.717, 1.165) is 6.07 Å². The Kier molecular flexibility index (Phi) is 6.94. The van der Waals surface area contributed by atoms with E-state index in [9.17, 15) is 22.8 Å². The molecule has 0 unspecified atom stereocenters. The molecule has 3 aromatic carbocycles. The number of halogens is 4. The zero-order valence-electron chi connectivity index (χ0n) is 18.9. The van der Waals surface area contributed by atoms with Crippen molar-refractivity contribution in [1.82, 2.24) is 0 Å². The summed E-state index contributed by atoms with van der Waals surface area (Å²) < 4.78 is 62.6. The number of carbonyl (C=O) groups is 1. The molecule has 0 saturated heterocycles. The third kappa shape index (κ3) is 5.16. The second-order valence-corrected chi connectivity index (χ2v) is 8.07. The molecule has 0 aliphatic rings. The van der Waals surface area contributed by atoms with Crippen LogP contribution in [0.5, 0.6) is 17.2 Å². The maximum absolute atomic E-state index is 14.0. The molecule has 4 rings (SSSR count). The summed E-state index contributed by atoms with van der Waals surface area (Å²) >= 11 is 5.83. The minimum absolute atomic E-state index is 0.0610. The van der Waals surface area contributed by atoms with Crippen LogP contribution in [0.1, 0.15) is 11.3 Å². The first kappa shape index (κ1) is 25.1. The van der Waals surface area contributed by atoms with Crippen LogP contribution in [-0.4, -0.2) is 20.2 Å². The molecule has 1 aromatic heterocycles. The molecule has 0 radical (unpaired) electrons. The number of fused-ring (bicyclic) bond motifs is 1. The van der Waals surface area contributed by atoms with E-state index >= 15 is 0 Å². The summed E-state index contributed by atoms with van der Waals surface area (Å²) in [5.41, 5.74) is -1.39. The van der Waals surface area contributed by atoms with Crippen LogP contribution in [0.4, 0.5) is 13.2 Å². The van der Waals surface area contributed by atoms with Gasteiger partial charge < -0.3 is 18.6 Å². The zero-order chi connectivity index (χ0) is 26.0. The van der Waals surface area contributed by atoms with E-state index in [-0.39, 0.29) is 40.2 Å². The number of carbonyl (C=O) groups excluding carboxylic acids is 1. The van der Waals surface area contributed by atoms with Gasteiger partial charge in [-0.1, -0.05) is 29.8 Å². The Morgan fingerprint density at radius 3 is 2.28 bits per heavy atom. The van der Waals surface area contributed by atoms with Gasteiger partial charge in [0.05, 0.1) is 31.6 Å². The molecule has 10 heteroatoms. The second-order valence-electron chi connectivity index (χ2n) is 7.64. The van der Waals surface area contributed by atoms with Gasteiger partial charge in [-0.05, 0) is 47.5 Å². The van der Waals surface area contributed by atoms with E-state index in [1.807, 2.05) is 0 Å². The van der Waals surface area contributed by atoms with Crippen molar-refractivity contribution in [3.8, 4) is 28.4 Å². The molecule has 0 amide bonds. The largest absolute Gasteiger partial charge is 0.493 e. The SMILES string of the molecule is COc1ccc(-c2c(C(F)(F)F)oc3cc(OC(=O)Cc4ccc(Cl)cc4)ccc3c2=O)cc1OC. The van der Waals surface area contributed by atoms with Crippen molar-refractivity contribution in [3.63, 3.8) is 0 Å². The molecule has 0 N–H and O–H groups in total. The van der Waals surface area contributed by atoms with Crippen molar-refractivity contribution in [2.75, 3.05) is 14.2 Å². The number of methoxy groups -OCH3 is 2. The fourth-order valence-corrected chi connectivity index (χ4v) is 3.75. The van der Waals surface area contributed by atoms with Crippen LogP contribution in [0.3, 0.4) is 0 Å². The lowest BCUT2D eigenvalue weighted by molar-refractivity contribution is -0.152. The number of alkyl halides is 3. The standard InChI is InChI=1S/C26H18ClF3O6/c1-33-19-10-5-15(12-21(19)34-2)23-24(32)18-9-8-17(13-20(18)36-25(23)26(28,29)30)35-22(31)11-14-3-6-16(27)7-4-14/h3-10,12-13H,11H2,1-2H3. The zero-order valence-corrected chi connectivity index (χ0v) is 19.7. The highest BCUT2D eigenvalue weighted by molar-refractivity contribution is 6.30. The molecular weight excluding hydrogens is 501 g/mol. The molecule has 36 heavy (non-hydrogen) atoms. The Morgan fingerprint density at radius 2 is 1.64 bits per heavy atom. The number of hydrogen-bond acceptors (Lipinski definition) is 6. The molecule has 1 heterocycles. The van der Waals surface area contributed by atoms with Gasteiger partial charge in [-0.15, -0.1) is 0 Å². The summed E-state index contributed by atoms with van der Waals surface area (Å²) in [6.45, 7) is 0. The molecule has 0 fully saturated rings. The average Bonchev–Trinajstić information content (AvgIpc) is 2.84. The molecule has 0 saturated carbocycles. The van der Waals surface area contributed by atoms with E-state index in [0.29, 0.717) is 10.6 Å². The van der Waals surface area contributed by atoms with Crippen molar-refractivity contribution in [3.05, 3.63) is 87.2 Å². The maximum Gasteiger partial charge on any atom is 0.450 e. The van der Waals surface area contributed by atoms with E-state index in [1.165, 1.54) is 44.6 Å². The fraction of sp³-hybridized carbons (Fsp3) is 0.154. The summed E-state index contributed by atoms with van der Waals surface area (Å²) in [5, 5.41) is 0.384. The second kappa shape index (κ2) is 9.94. The molecule has 0 atom stereocenters. The molecule has 0 spiro atoms. The van der Waals surface area contributed by atoms with Gasteiger partial charge in [0, 0.05) is 11.1 Å². The lowest BCUT2D eigenvalue weighted by Gasteiger charge is -2.15. The summed E-state index contributed by atoms with van der Waals surface area (Å²) in [7, 11) is 2.70. The molecule has 4 aromatic rings. The van der Waals surface area contributed by atoms with Crippen LogP contribution in [0.2, 0.25) is 5.02 Å². The highest BCUT2D eigenvalue weighted by atomic mass is 35.5. The molecule has 0 bridgehead atoms. The Morgan fingerprint density at radius 1 is 0.944 bits per heavy atom. The fourth-order valence-electron chi connectivity index (χ4n) is 3.63. The first-order valence-corrected chi connectivity index (χ1v) is 10.8. The highest BCUT2D eigenvalue weighted by Gasteiger charge is 2.39. The minimum atomic E-state index is -4.99. The van der Waals surface area contributed by atoms with Gasteiger partial charge in [-0.3, -0.25) is 9.59 Å². The van der Waals surface area contributed by atoms with E-state index in [2.05, 4.69) is 0 Å². The topological polar surface area (TPSA) is 75.0 Å². The number of esters is 1. The number of hydrogen-bond donors (Lipinski definition) is 0. The Balaban J connectivity index is 1.75. The quantitative estimate of drug-likeness (QED) is 0.220. The minimum Gasteiger partial charge on any atom is -0.493 e. The lowest BCUT2D eigenvalue weighted by atomic mass is 10.0. The van der Waals surface area contributed by atoms with Crippen molar-refractivity contribution in [2.24, 2.45) is 0 Å². The summed E-state index contributed by atoms with van der Waals surface area (Å²) in [5.74, 6) is -1.79. The van der Waals surface area contributed by atoms with Gasteiger partial charge in [0.2, 0.25) is 11.2 Å². The normalized spacial score (nSPS) is 11.4. The predicted octanol–water partition coefficient (Wildman–Crippen LogP) is 6.30. The van der Waals surface area contributed by atoms with Crippen molar-refractivity contribution >= 4 is 28.5 Å². The van der Waals surface area contributed by atoms with Crippen LogP contribution in [0, 0.1) is 0 Å². The monoisotopic (exact) mass is 518 g/mol. The van der Waals surface area contributed by atoms with Crippen LogP contribution < -0.4 is 19.6 Å². The van der Waals surface area contributed by atoms with Crippen molar-refractivity contribution in [2.45, 2.75) is 12.6 Å². The summed E-state index contributed by atoms with van der Waals surface area (Å²) in [4.78, 5) is 25.5. The van der Waals surface area contributed by atoms with Crippen molar-refractivity contribution in [1.29, 1.82) is 0 Å². The van der Waals surface area contributed by atoms with Gasteiger partial charge in [0.1, 0.15) is 11.3 Å². The number of ether oxygens (including phenoxy) is 3.